The van der Waals surface area contributed by atoms with E-state index in [0.29, 0.717) is 55.7 Å². The minimum Gasteiger partial charge on any atom is -0.453 e. The molecule has 2 fully saturated rings. The van der Waals surface area contributed by atoms with Crippen LogP contribution >= 0.6 is 0 Å². The zero-order chi connectivity index (χ0) is 47.6. The number of nitrogens with one attached hydrogen (secondary N) is 3. The Morgan fingerprint density at radius 1 is 0.985 bits per heavy atom. The molecule has 1 aromatic heterocycles. The van der Waals surface area contributed by atoms with E-state index in [0.717, 1.165) is 38.2 Å². The molecule has 2 saturated heterocycles. The number of aliphatic hydroxyl groups excluding tert-OH is 1. The first kappa shape index (κ1) is 50.2. The zero-order valence-electron chi connectivity index (χ0n) is 35.5. The number of nitrogens with zero attached hydrogens (tertiary/aromatic N) is 4. The van der Waals surface area contributed by atoms with Crippen LogP contribution in [0.15, 0.2) is 65.8 Å². The summed E-state index contributed by atoms with van der Waals surface area (Å²) in [6, 6.07) is 8.33. The summed E-state index contributed by atoms with van der Waals surface area (Å²) < 4.78 is 128. The Hall–Kier alpha value is -5.85. The maximum atomic E-state index is 15.0. The number of fused-ring (bicyclic) bond motifs is 2. The van der Waals surface area contributed by atoms with Crippen molar-refractivity contribution in [2.75, 3.05) is 38.2 Å². The molecule has 352 valence electrons. The maximum absolute atomic E-state index is 15.0. The lowest BCUT2D eigenvalue weighted by Gasteiger charge is -2.41. The predicted octanol–water partition coefficient (Wildman–Crippen LogP) is 5.76. The summed E-state index contributed by atoms with van der Waals surface area (Å²) in [6.07, 6.45) is -5.57. The Balaban J connectivity index is 1.29. The molecule has 3 heterocycles. The van der Waals surface area contributed by atoms with Gasteiger partial charge < -0.3 is 36.4 Å². The summed E-state index contributed by atoms with van der Waals surface area (Å²) in [4.78, 5) is 37.0. The molecule has 3 aromatic rings. The molecule has 5 rings (SSSR count). The number of halogens is 9. The van der Waals surface area contributed by atoms with Gasteiger partial charge in [0, 0.05) is 78.6 Å². The van der Waals surface area contributed by atoms with Crippen LogP contribution in [0.1, 0.15) is 54.5 Å². The number of methoxy groups -OCH3 is 1. The van der Waals surface area contributed by atoms with Gasteiger partial charge >= 0.3 is 18.8 Å². The minimum atomic E-state index is -5.00. The highest BCUT2D eigenvalue weighted by Crippen LogP contribution is 2.41. The Morgan fingerprint density at radius 3 is 2.15 bits per heavy atom. The third-order valence-corrected chi connectivity index (χ3v) is 11.4. The van der Waals surface area contributed by atoms with Crippen LogP contribution in [0.2, 0.25) is 0 Å². The lowest BCUT2D eigenvalue weighted by Crippen LogP contribution is -2.62. The molecular formula is C44H49F9N8O4. The molecule has 0 aliphatic carbocycles. The number of anilines is 1. The number of hydrogen-bond acceptors (Lipinski definition) is 10. The average molecular weight is 925 g/mol. The van der Waals surface area contributed by atoms with E-state index in [2.05, 4.69) is 42.1 Å². The van der Waals surface area contributed by atoms with E-state index in [1.807, 2.05) is 16.3 Å². The number of hydrogen-bond donors (Lipinski definition) is 5. The Morgan fingerprint density at radius 2 is 1.60 bits per heavy atom. The summed E-state index contributed by atoms with van der Waals surface area (Å²) in [5.74, 6) is 3.27. The molecule has 65 heavy (non-hydrogen) atoms. The summed E-state index contributed by atoms with van der Waals surface area (Å²) >= 11 is 0. The minimum absolute atomic E-state index is 0.0376. The van der Waals surface area contributed by atoms with Gasteiger partial charge in [-0.25, -0.2) is 32.3 Å². The van der Waals surface area contributed by atoms with Gasteiger partial charge in [0.05, 0.1) is 31.2 Å². The number of alkyl halides is 7. The molecular weight excluding hydrogens is 876 g/mol. The number of amides is 2. The van der Waals surface area contributed by atoms with Gasteiger partial charge in [-0.05, 0) is 81.1 Å². The number of allylic oxidation sites excluding steroid dienone is 1. The summed E-state index contributed by atoms with van der Waals surface area (Å²) in [6.45, 7) is -1.64. The largest absolute Gasteiger partial charge is 0.453 e. The molecule has 21 heteroatoms. The second-order valence-electron chi connectivity index (χ2n) is 16.2. The van der Waals surface area contributed by atoms with Crippen LogP contribution < -0.4 is 26.6 Å². The van der Waals surface area contributed by atoms with Crippen molar-refractivity contribution in [3.8, 4) is 11.8 Å². The van der Waals surface area contributed by atoms with Crippen LogP contribution in [-0.4, -0.2) is 116 Å². The number of alkyl carbamates (subject to hydrolysis) is 1. The number of ether oxygens (including phenoxy) is 1. The summed E-state index contributed by atoms with van der Waals surface area (Å²) in [5.41, 5.74) is 3.61. The number of aromatic nitrogens is 1. The fraction of sp³-hybridized carbons (Fsp3) is 0.455. The quantitative estimate of drug-likeness (QED) is 0.0492. The number of carbonyl (C=O) groups excluding carboxylic acids is 2. The smallest absolute Gasteiger partial charge is 0.407 e. The van der Waals surface area contributed by atoms with Crippen LogP contribution in [0.5, 0.6) is 0 Å². The molecule has 2 bridgehead atoms. The third-order valence-electron chi connectivity index (χ3n) is 11.4. The second kappa shape index (κ2) is 21.9. The lowest BCUT2D eigenvalue weighted by atomic mass is 9.82. The predicted molar refractivity (Wildman–Crippen MR) is 224 cm³/mol. The van der Waals surface area contributed by atoms with Crippen molar-refractivity contribution in [2.45, 2.75) is 89.1 Å². The molecule has 2 aromatic carbocycles. The topological polar surface area (TPSA) is 157 Å². The van der Waals surface area contributed by atoms with Gasteiger partial charge in [0.15, 0.2) is 0 Å². The van der Waals surface area contributed by atoms with Gasteiger partial charge in [0.2, 0.25) is 5.91 Å². The molecule has 3 unspecified atom stereocenters. The van der Waals surface area contributed by atoms with Gasteiger partial charge in [-0.1, -0.05) is 24.0 Å². The number of pyridine rings is 1. The van der Waals surface area contributed by atoms with E-state index in [4.69, 9.17) is 5.73 Å². The molecule has 5 atom stereocenters. The zero-order valence-corrected chi connectivity index (χ0v) is 35.5. The fourth-order valence-corrected chi connectivity index (χ4v) is 7.58. The number of aliphatic hydroxyl groups is 1. The highest BCUT2D eigenvalue weighted by molar-refractivity contribution is 5.87. The summed E-state index contributed by atoms with van der Waals surface area (Å²) in [7, 11) is 0.899. The SMILES string of the molecule is COC(=O)NC(C(=O)N[C@@H](Cc1ccc(C#Cc2ccc(N3CC4CCC(C3)N4CC(F)F)nc2)cc1)[C@@H](O)CNCc1c(F)cc(C(N)=CC=NC(F)F)cc1F)C(C)(C)C(F)(F)F. The van der Waals surface area contributed by atoms with Gasteiger partial charge in [-0.2, -0.15) is 22.0 Å². The fourth-order valence-electron chi connectivity index (χ4n) is 7.58. The number of nitrogens with two attached hydrogens (primary N) is 1. The van der Waals surface area contributed by atoms with Crippen LogP contribution in [-0.2, 0) is 22.5 Å². The molecule has 2 amide bonds. The van der Waals surface area contributed by atoms with Crippen LogP contribution in [0.4, 0.5) is 50.1 Å². The van der Waals surface area contributed by atoms with Crippen molar-refractivity contribution < 1.29 is 58.9 Å². The molecule has 0 radical (unpaired) electrons. The molecule has 6 N–H and O–H groups in total. The first-order chi connectivity index (χ1) is 30.7. The van der Waals surface area contributed by atoms with Crippen LogP contribution in [0.25, 0.3) is 5.70 Å². The number of benzene rings is 2. The summed E-state index contributed by atoms with van der Waals surface area (Å²) in [5, 5.41) is 18.3. The van der Waals surface area contributed by atoms with Gasteiger partial charge in [0.25, 0.3) is 6.43 Å². The first-order valence-electron chi connectivity index (χ1n) is 20.4. The highest BCUT2D eigenvalue weighted by atomic mass is 19.4. The van der Waals surface area contributed by atoms with E-state index < -0.39 is 85.0 Å². The van der Waals surface area contributed by atoms with E-state index >= 15 is 8.78 Å². The van der Waals surface area contributed by atoms with Crippen molar-refractivity contribution >= 4 is 29.7 Å². The monoisotopic (exact) mass is 924 g/mol. The van der Waals surface area contributed by atoms with E-state index in [1.54, 1.807) is 36.5 Å². The highest BCUT2D eigenvalue weighted by Gasteiger charge is 2.56. The standard InChI is InChI=1S/C44H49F9N8O4/c1-43(2,44(51,52)53)39(59-42(64)65-3)40(63)58-35(36(62)21-55-20-31-32(45)17-28(18-33(31)46)34(54)14-15-56-41(49)50)16-26-7-4-25(5-8-26)6-9-27-10-13-38(57-19-27)60-22-29-11-12-30(23-60)61(29)24-37(47)48/h4-5,7-8,10,13-15,17-19,29-30,35-37,39,41,55,62H,11-12,16,20-24,54H2,1-3H3,(H,58,63)(H,59,64)/t29?,30?,35-,36-,39?/m0/s1. The molecule has 12 nitrogen and oxygen atoms in total. The first-order valence-corrected chi connectivity index (χ1v) is 20.4. The normalized spacial score (nSPS) is 18.4. The van der Waals surface area contributed by atoms with E-state index in [1.165, 1.54) is 0 Å². The average Bonchev–Trinajstić information content (AvgIpc) is 3.45. The van der Waals surface area contributed by atoms with Gasteiger partial charge in [-0.3, -0.25) is 9.69 Å². The van der Waals surface area contributed by atoms with Crippen molar-refractivity contribution in [3.63, 3.8) is 0 Å². The number of aliphatic imine (C=N–C) groups is 1. The second-order valence-corrected chi connectivity index (χ2v) is 16.2. The van der Waals surface area contributed by atoms with Crippen LogP contribution in [0, 0.1) is 28.9 Å². The van der Waals surface area contributed by atoms with Gasteiger partial charge in [-0.15, -0.1) is 0 Å². The molecule has 2 aliphatic rings. The van der Waals surface area contributed by atoms with E-state index in [-0.39, 0.29) is 36.3 Å². The van der Waals surface area contributed by atoms with E-state index in [9.17, 15) is 45.4 Å². The Bertz CT molecular complexity index is 2190. The molecule has 0 saturated carbocycles. The Labute approximate surface area is 369 Å². The number of carbonyl (C=O) groups is 2. The number of piperazine rings is 1. The van der Waals surface area contributed by atoms with Gasteiger partial charge in [0.1, 0.15) is 23.5 Å². The van der Waals surface area contributed by atoms with Crippen molar-refractivity contribution in [3.05, 3.63) is 100 Å². The van der Waals surface area contributed by atoms with Crippen molar-refractivity contribution in [1.29, 1.82) is 0 Å². The lowest BCUT2D eigenvalue weighted by molar-refractivity contribution is -0.220. The Kier molecular flexibility index (Phi) is 16.9. The molecule has 2 aliphatic heterocycles. The third kappa shape index (κ3) is 13.4. The maximum Gasteiger partial charge on any atom is 0.407 e. The van der Waals surface area contributed by atoms with Crippen molar-refractivity contribution in [2.24, 2.45) is 16.1 Å². The number of rotatable bonds is 17. The van der Waals surface area contributed by atoms with Crippen LogP contribution in [0.3, 0.4) is 0 Å². The molecule has 0 spiro atoms. The van der Waals surface area contributed by atoms with Crippen molar-refractivity contribution in [1.82, 2.24) is 25.8 Å².